The van der Waals surface area contributed by atoms with Crippen LogP contribution in [-0.4, -0.2) is 46.7 Å². The van der Waals surface area contributed by atoms with Gasteiger partial charge in [0.1, 0.15) is 12.7 Å². The average molecular weight is 395 g/mol. The Morgan fingerprint density at radius 3 is 2.46 bits per heavy atom. The lowest BCUT2D eigenvalue weighted by Crippen LogP contribution is -2.21. The standard InChI is InChI=1S/C23H38O5/c1-2-3-4-5-10-13-16-21(25)17-14-11-8-6-7-9-12-15-18-23(27)28-20-22(26)19-24/h7-11,13-14,17,21-22,24-26H,2-6,12,15-16,18-20H2,1H3/b9-7-,11-8-,13-10-,17-14+/t21-,22+/m1/s1. The summed E-state index contributed by atoms with van der Waals surface area (Å²) >= 11 is 0. The molecule has 0 fully saturated rings. The first-order valence-electron chi connectivity index (χ1n) is 10.4. The molecular formula is C23H38O5. The van der Waals surface area contributed by atoms with Gasteiger partial charge in [0.15, 0.2) is 0 Å². The molecule has 0 aliphatic rings. The van der Waals surface area contributed by atoms with E-state index in [1.54, 1.807) is 6.08 Å². The predicted molar refractivity (Wildman–Crippen MR) is 114 cm³/mol. The van der Waals surface area contributed by atoms with Crippen molar-refractivity contribution in [1.82, 2.24) is 0 Å². The average Bonchev–Trinajstić information content (AvgIpc) is 2.70. The molecule has 5 nitrogen and oxygen atoms in total. The maximum Gasteiger partial charge on any atom is 0.305 e. The molecule has 28 heavy (non-hydrogen) atoms. The van der Waals surface area contributed by atoms with Gasteiger partial charge in [-0.05, 0) is 38.5 Å². The molecule has 0 aliphatic heterocycles. The van der Waals surface area contributed by atoms with Crippen molar-refractivity contribution >= 4 is 5.97 Å². The third kappa shape index (κ3) is 19.1. The van der Waals surface area contributed by atoms with E-state index >= 15 is 0 Å². The number of carbonyl (C=O) groups is 1. The molecule has 0 bridgehead atoms. The number of aliphatic hydroxyl groups excluding tert-OH is 3. The second-order valence-electron chi connectivity index (χ2n) is 6.70. The minimum absolute atomic E-state index is 0.159. The van der Waals surface area contributed by atoms with Crippen LogP contribution in [0.5, 0.6) is 0 Å². The lowest BCUT2D eigenvalue weighted by atomic mass is 10.1. The monoisotopic (exact) mass is 394 g/mol. The molecule has 160 valence electrons. The second-order valence-corrected chi connectivity index (χ2v) is 6.70. The largest absolute Gasteiger partial charge is 0.463 e. The molecule has 0 saturated carbocycles. The van der Waals surface area contributed by atoms with Gasteiger partial charge in [-0.25, -0.2) is 0 Å². The fourth-order valence-corrected chi connectivity index (χ4v) is 2.26. The molecule has 5 heteroatoms. The molecule has 0 rings (SSSR count). The summed E-state index contributed by atoms with van der Waals surface area (Å²) in [6.07, 6.45) is 22.4. The SMILES string of the molecule is CCCCC/C=C\C[C@@H](O)/C=C/C=C\C/C=C\CCCC(=O)OC[C@@H](O)CO. The van der Waals surface area contributed by atoms with E-state index in [1.807, 2.05) is 36.5 Å². The van der Waals surface area contributed by atoms with E-state index in [0.717, 1.165) is 19.3 Å². The van der Waals surface area contributed by atoms with Gasteiger partial charge in [-0.2, -0.15) is 0 Å². The Morgan fingerprint density at radius 2 is 1.71 bits per heavy atom. The Hall–Kier alpha value is -1.69. The van der Waals surface area contributed by atoms with Crippen LogP contribution in [0.2, 0.25) is 0 Å². The van der Waals surface area contributed by atoms with E-state index in [0.29, 0.717) is 19.3 Å². The third-order valence-corrected chi connectivity index (χ3v) is 3.94. The van der Waals surface area contributed by atoms with Crippen molar-refractivity contribution in [2.75, 3.05) is 13.2 Å². The summed E-state index contributed by atoms with van der Waals surface area (Å²) in [7, 11) is 0. The summed E-state index contributed by atoms with van der Waals surface area (Å²) in [6.45, 7) is 1.62. The second kappa shape index (κ2) is 20.1. The first kappa shape index (κ1) is 26.3. The van der Waals surface area contributed by atoms with Crippen LogP contribution in [0.3, 0.4) is 0 Å². The van der Waals surface area contributed by atoms with E-state index in [4.69, 9.17) is 14.9 Å². The summed E-state index contributed by atoms with van der Waals surface area (Å²) in [5.41, 5.74) is 0. The van der Waals surface area contributed by atoms with Crippen LogP contribution in [0.4, 0.5) is 0 Å². The highest BCUT2D eigenvalue weighted by Crippen LogP contribution is 2.03. The first-order chi connectivity index (χ1) is 13.6. The molecule has 0 aliphatic carbocycles. The number of hydrogen-bond donors (Lipinski definition) is 3. The van der Waals surface area contributed by atoms with Gasteiger partial charge in [0.25, 0.3) is 0 Å². The minimum atomic E-state index is -1.00. The van der Waals surface area contributed by atoms with Crippen LogP contribution in [0.1, 0.15) is 64.7 Å². The minimum Gasteiger partial charge on any atom is -0.463 e. The Balaban J connectivity index is 3.66. The quantitative estimate of drug-likeness (QED) is 0.150. The molecular weight excluding hydrogens is 356 g/mol. The van der Waals surface area contributed by atoms with Crippen LogP contribution in [0.15, 0.2) is 48.6 Å². The van der Waals surface area contributed by atoms with Crippen LogP contribution in [-0.2, 0) is 9.53 Å². The third-order valence-electron chi connectivity index (χ3n) is 3.94. The van der Waals surface area contributed by atoms with Crippen LogP contribution in [0, 0.1) is 0 Å². The van der Waals surface area contributed by atoms with Gasteiger partial charge >= 0.3 is 5.97 Å². The molecule has 0 aromatic carbocycles. The number of hydrogen-bond acceptors (Lipinski definition) is 5. The fourth-order valence-electron chi connectivity index (χ4n) is 2.26. The lowest BCUT2D eigenvalue weighted by molar-refractivity contribution is -0.147. The molecule has 0 unspecified atom stereocenters. The molecule has 0 amide bonds. The molecule has 0 saturated heterocycles. The van der Waals surface area contributed by atoms with Crippen molar-refractivity contribution in [3.8, 4) is 0 Å². The van der Waals surface area contributed by atoms with Gasteiger partial charge < -0.3 is 20.1 Å². The fraction of sp³-hybridized carbons (Fsp3) is 0.609. The van der Waals surface area contributed by atoms with Crippen LogP contribution in [0.25, 0.3) is 0 Å². The van der Waals surface area contributed by atoms with Crippen molar-refractivity contribution in [3.05, 3.63) is 48.6 Å². The zero-order valence-electron chi connectivity index (χ0n) is 17.2. The van der Waals surface area contributed by atoms with Gasteiger partial charge in [0.2, 0.25) is 0 Å². The number of aliphatic hydroxyl groups is 3. The zero-order valence-corrected chi connectivity index (χ0v) is 17.2. The first-order valence-corrected chi connectivity index (χ1v) is 10.4. The summed E-state index contributed by atoms with van der Waals surface area (Å²) in [6, 6.07) is 0. The zero-order chi connectivity index (χ0) is 20.9. The molecule has 0 spiro atoms. The number of carbonyl (C=O) groups excluding carboxylic acids is 1. The summed E-state index contributed by atoms with van der Waals surface area (Å²) in [5.74, 6) is -0.361. The molecule has 2 atom stereocenters. The van der Waals surface area contributed by atoms with Gasteiger partial charge in [-0.1, -0.05) is 68.4 Å². The van der Waals surface area contributed by atoms with Gasteiger partial charge in [0, 0.05) is 6.42 Å². The number of unbranched alkanes of at least 4 members (excludes halogenated alkanes) is 4. The van der Waals surface area contributed by atoms with E-state index in [1.165, 1.54) is 19.3 Å². The van der Waals surface area contributed by atoms with Crippen molar-refractivity contribution in [2.24, 2.45) is 0 Å². The molecule has 0 heterocycles. The number of ether oxygens (including phenoxy) is 1. The maximum absolute atomic E-state index is 11.4. The Morgan fingerprint density at radius 1 is 0.964 bits per heavy atom. The van der Waals surface area contributed by atoms with Crippen molar-refractivity contribution in [1.29, 1.82) is 0 Å². The smallest absolute Gasteiger partial charge is 0.305 e. The molecule has 3 N–H and O–H groups in total. The Bertz CT molecular complexity index is 479. The maximum atomic E-state index is 11.4. The topological polar surface area (TPSA) is 87.0 Å². The highest BCUT2D eigenvalue weighted by atomic mass is 16.5. The molecule has 0 aromatic rings. The van der Waals surface area contributed by atoms with Gasteiger partial charge in [-0.3, -0.25) is 4.79 Å². The van der Waals surface area contributed by atoms with Crippen molar-refractivity contribution in [2.45, 2.75) is 76.9 Å². The van der Waals surface area contributed by atoms with Gasteiger partial charge in [0.05, 0.1) is 12.7 Å². The molecule has 0 radical (unpaired) electrons. The van der Waals surface area contributed by atoms with Crippen LogP contribution >= 0.6 is 0 Å². The Labute approximate surface area is 170 Å². The summed E-state index contributed by atoms with van der Waals surface area (Å²) in [5, 5.41) is 27.5. The van der Waals surface area contributed by atoms with Crippen molar-refractivity contribution < 1.29 is 24.9 Å². The van der Waals surface area contributed by atoms with E-state index < -0.39 is 18.8 Å². The van der Waals surface area contributed by atoms with E-state index in [2.05, 4.69) is 13.0 Å². The van der Waals surface area contributed by atoms with Gasteiger partial charge in [-0.15, -0.1) is 0 Å². The van der Waals surface area contributed by atoms with Crippen molar-refractivity contribution in [3.63, 3.8) is 0 Å². The number of esters is 1. The predicted octanol–water partition coefficient (Wildman–Crippen LogP) is 4.00. The highest BCUT2D eigenvalue weighted by molar-refractivity contribution is 5.69. The van der Waals surface area contributed by atoms with E-state index in [-0.39, 0.29) is 12.6 Å². The summed E-state index contributed by atoms with van der Waals surface area (Å²) in [4.78, 5) is 11.4. The number of allylic oxidation sites excluding steroid dienone is 6. The number of rotatable bonds is 17. The van der Waals surface area contributed by atoms with Crippen LogP contribution < -0.4 is 0 Å². The molecule has 0 aromatic heterocycles. The highest BCUT2D eigenvalue weighted by Gasteiger charge is 2.06. The normalized spacial score (nSPS) is 14.6. The van der Waals surface area contributed by atoms with E-state index in [9.17, 15) is 9.90 Å². The Kier molecular flexibility index (Phi) is 18.8. The summed E-state index contributed by atoms with van der Waals surface area (Å²) < 4.78 is 4.82. The lowest BCUT2D eigenvalue weighted by Gasteiger charge is -2.07.